The van der Waals surface area contributed by atoms with Crippen LogP contribution in [-0.2, 0) is 13.1 Å². The summed E-state index contributed by atoms with van der Waals surface area (Å²) < 4.78 is 2.29. The predicted molar refractivity (Wildman–Crippen MR) is 117 cm³/mol. The van der Waals surface area contributed by atoms with E-state index < -0.39 is 0 Å². The molecule has 3 heterocycles. The van der Waals surface area contributed by atoms with Crippen LogP contribution in [0, 0.1) is 13.8 Å². The molecule has 0 bridgehead atoms. The molecule has 1 aliphatic heterocycles. The van der Waals surface area contributed by atoms with E-state index in [0.29, 0.717) is 11.8 Å². The van der Waals surface area contributed by atoms with Gasteiger partial charge in [0.1, 0.15) is 11.6 Å². The maximum absolute atomic E-state index is 6.29. The highest BCUT2D eigenvalue weighted by Gasteiger charge is 2.31. The van der Waals surface area contributed by atoms with E-state index in [4.69, 9.17) is 21.6 Å². The second-order valence-electron chi connectivity index (χ2n) is 8.81. The standard InChI is InChI=1S/C23H27ClN6/c1-14-10-15(2)26-22(25-14)16-4-6-17(7-5-16)23-28-27-21-13-29(3)12-18-11-19(24)8-9-20(18)30(21)23/h8-11,16-17H,4-7,12-13H2,1-3H3. The first kappa shape index (κ1) is 19.6. The molecular weight excluding hydrogens is 396 g/mol. The molecule has 0 radical (unpaired) electrons. The maximum atomic E-state index is 6.29. The molecule has 0 saturated heterocycles. The van der Waals surface area contributed by atoms with Crippen LogP contribution in [0.15, 0.2) is 24.3 Å². The van der Waals surface area contributed by atoms with Crippen LogP contribution in [0.2, 0.25) is 5.02 Å². The number of aryl methyl sites for hydroxylation is 2. The summed E-state index contributed by atoms with van der Waals surface area (Å²) in [4.78, 5) is 11.7. The van der Waals surface area contributed by atoms with Gasteiger partial charge in [-0.05, 0) is 76.4 Å². The fourth-order valence-corrected chi connectivity index (χ4v) is 5.19. The molecule has 7 heteroatoms. The molecule has 30 heavy (non-hydrogen) atoms. The van der Waals surface area contributed by atoms with Crippen LogP contribution in [0.25, 0.3) is 5.69 Å². The molecule has 1 fully saturated rings. The molecule has 156 valence electrons. The van der Waals surface area contributed by atoms with E-state index in [1.807, 2.05) is 12.1 Å². The number of rotatable bonds is 2. The van der Waals surface area contributed by atoms with Crippen molar-refractivity contribution in [2.24, 2.45) is 0 Å². The van der Waals surface area contributed by atoms with Gasteiger partial charge in [0.05, 0.1) is 12.2 Å². The van der Waals surface area contributed by atoms with Crippen molar-refractivity contribution in [3.8, 4) is 5.69 Å². The minimum atomic E-state index is 0.403. The Kier molecular flexibility index (Phi) is 5.07. The minimum Gasteiger partial charge on any atom is -0.295 e. The van der Waals surface area contributed by atoms with Crippen LogP contribution in [0.3, 0.4) is 0 Å². The van der Waals surface area contributed by atoms with Gasteiger partial charge in [0.15, 0.2) is 5.82 Å². The molecule has 0 spiro atoms. The number of fused-ring (bicyclic) bond motifs is 3. The average Bonchev–Trinajstić information content (AvgIpc) is 3.04. The summed E-state index contributed by atoms with van der Waals surface area (Å²) in [6, 6.07) is 8.19. The number of aromatic nitrogens is 5. The largest absolute Gasteiger partial charge is 0.295 e. The fraction of sp³-hybridized carbons (Fsp3) is 0.478. The lowest BCUT2D eigenvalue weighted by molar-refractivity contribution is 0.315. The first-order chi connectivity index (χ1) is 14.5. The molecule has 6 nitrogen and oxygen atoms in total. The van der Waals surface area contributed by atoms with E-state index in [2.05, 4.69) is 52.7 Å². The van der Waals surface area contributed by atoms with Gasteiger partial charge in [-0.15, -0.1) is 10.2 Å². The Morgan fingerprint density at radius 1 is 0.900 bits per heavy atom. The van der Waals surface area contributed by atoms with Gasteiger partial charge in [-0.25, -0.2) is 9.97 Å². The summed E-state index contributed by atoms with van der Waals surface area (Å²) in [5.41, 5.74) is 4.50. The van der Waals surface area contributed by atoms with Gasteiger partial charge in [0.2, 0.25) is 0 Å². The summed E-state index contributed by atoms with van der Waals surface area (Å²) in [5, 5.41) is 10.0. The van der Waals surface area contributed by atoms with Crippen molar-refractivity contribution in [2.75, 3.05) is 7.05 Å². The molecule has 1 saturated carbocycles. The third kappa shape index (κ3) is 3.63. The first-order valence-electron chi connectivity index (χ1n) is 10.7. The summed E-state index contributed by atoms with van der Waals surface area (Å²) in [7, 11) is 2.11. The van der Waals surface area contributed by atoms with Crippen LogP contribution in [0.1, 0.15) is 71.9 Å². The monoisotopic (exact) mass is 422 g/mol. The molecule has 2 aliphatic rings. The topological polar surface area (TPSA) is 59.7 Å². The molecule has 1 aromatic carbocycles. The van der Waals surface area contributed by atoms with E-state index in [-0.39, 0.29) is 0 Å². The molecule has 0 N–H and O–H groups in total. The lowest BCUT2D eigenvalue weighted by Crippen LogP contribution is -2.18. The maximum Gasteiger partial charge on any atom is 0.151 e. The molecular formula is C23H27ClN6. The van der Waals surface area contributed by atoms with Crippen molar-refractivity contribution >= 4 is 11.6 Å². The van der Waals surface area contributed by atoms with Crippen molar-refractivity contribution in [1.29, 1.82) is 0 Å². The molecule has 3 aromatic rings. The van der Waals surface area contributed by atoms with Crippen molar-refractivity contribution in [3.63, 3.8) is 0 Å². The van der Waals surface area contributed by atoms with Crippen molar-refractivity contribution in [1.82, 2.24) is 29.6 Å². The summed E-state index contributed by atoms with van der Waals surface area (Å²) in [5.74, 6) is 3.94. The highest BCUT2D eigenvalue weighted by atomic mass is 35.5. The lowest BCUT2D eigenvalue weighted by Gasteiger charge is -2.28. The first-order valence-corrected chi connectivity index (χ1v) is 11.1. The molecule has 1 aliphatic carbocycles. The summed E-state index contributed by atoms with van der Waals surface area (Å²) >= 11 is 6.29. The van der Waals surface area contributed by atoms with Gasteiger partial charge < -0.3 is 0 Å². The molecule has 0 amide bonds. The Hall–Kier alpha value is -2.31. The number of hydrogen-bond donors (Lipinski definition) is 0. The second kappa shape index (κ2) is 7.75. The van der Waals surface area contributed by atoms with E-state index in [0.717, 1.165) is 72.7 Å². The SMILES string of the molecule is Cc1cc(C)nc(C2CCC(c3nnc4n3-c3ccc(Cl)cc3CN(C)C4)CC2)n1. The molecule has 5 rings (SSSR count). The Balaban J connectivity index is 1.43. The van der Waals surface area contributed by atoms with Gasteiger partial charge >= 0.3 is 0 Å². The van der Waals surface area contributed by atoms with E-state index in [9.17, 15) is 0 Å². The van der Waals surface area contributed by atoms with Gasteiger partial charge in [0.25, 0.3) is 0 Å². The van der Waals surface area contributed by atoms with Crippen LogP contribution in [0.5, 0.6) is 0 Å². The Morgan fingerprint density at radius 2 is 1.60 bits per heavy atom. The van der Waals surface area contributed by atoms with Gasteiger partial charge in [-0.3, -0.25) is 9.47 Å². The van der Waals surface area contributed by atoms with Gasteiger partial charge in [-0.1, -0.05) is 11.6 Å². The lowest BCUT2D eigenvalue weighted by atomic mass is 9.81. The van der Waals surface area contributed by atoms with Crippen molar-refractivity contribution in [3.05, 3.63) is 63.7 Å². The normalized spacial score (nSPS) is 21.7. The quantitative estimate of drug-likeness (QED) is 0.598. The number of benzene rings is 1. The molecule has 2 aromatic heterocycles. The summed E-state index contributed by atoms with van der Waals surface area (Å²) in [6.07, 6.45) is 4.34. The summed E-state index contributed by atoms with van der Waals surface area (Å²) in [6.45, 7) is 5.74. The van der Waals surface area contributed by atoms with Crippen molar-refractivity contribution in [2.45, 2.75) is 64.5 Å². The third-order valence-corrected chi connectivity index (χ3v) is 6.58. The predicted octanol–water partition coefficient (Wildman–Crippen LogP) is 4.71. The zero-order valence-corrected chi connectivity index (χ0v) is 18.5. The van der Waals surface area contributed by atoms with E-state index in [1.165, 1.54) is 11.3 Å². The van der Waals surface area contributed by atoms with Crippen LogP contribution >= 0.6 is 11.6 Å². The van der Waals surface area contributed by atoms with Gasteiger partial charge in [0, 0.05) is 34.8 Å². The zero-order chi connectivity index (χ0) is 20.8. The Bertz CT molecular complexity index is 1060. The number of halogens is 1. The van der Waals surface area contributed by atoms with E-state index >= 15 is 0 Å². The molecule has 0 atom stereocenters. The van der Waals surface area contributed by atoms with Crippen molar-refractivity contribution < 1.29 is 0 Å². The Labute approximate surface area is 182 Å². The fourth-order valence-electron chi connectivity index (χ4n) is 4.99. The number of hydrogen-bond acceptors (Lipinski definition) is 5. The minimum absolute atomic E-state index is 0.403. The Morgan fingerprint density at radius 3 is 2.33 bits per heavy atom. The smallest absolute Gasteiger partial charge is 0.151 e. The highest BCUT2D eigenvalue weighted by Crippen LogP contribution is 2.40. The second-order valence-corrected chi connectivity index (χ2v) is 9.25. The third-order valence-electron chi connectivity index (χ3n) is 6.35. The molecule has 0 unspecified atom stereocenters. The van der Waals surface area contributed by atoms with Crippen LogP contribution < -0.4 is 0 Å². The van der Waals surface area contributed by atoms with Crippen LogP contribution in [-0.4, -0.2) is 36.7 Å². The van der Waals surface area contributed by atoms with Gasteiger partial charge in [-0.2, -0.15) is 0 Å². The van der Waals surface area contributed by atoms with Crippen LogP contribution in [0.4, 0.5) is 0 Å². The average molecular weight is 423 g/mol. The number of nitrogens with zero attached hydrogens (tertiary/aromatic N) is 6. The zero-order valence-electron chi connectivity index (χ0n) is 17.8. The van der Waals surface area contributed by atoms with E-state index in [1.54, 1.807) is 0 Å². The highest BCUT2D eigenvalue weighted by molar-refractivity contribution is 6.30.